The van der Waals surface area contributed by atoms with E-state index in [4.69, 9.17) is 9.15 Å². The minimum atomic E-state index is -1.48. The first-order valence-electron chi connectivity index (χ1n) is 8.65. The van der Waals surface area contributed by atoms with Gasteiger partial charge < -0.3 is 66.4 Å². The van der Waals surface area contributed by atoms with Gasteiger partial charge in [0.1, 0.15) is 16.7 Å². The van der Waals surface area contributed by atoms with Crippen molar-refractivity contribution in [3.05, 3.63) is 0 Å². The van der Waals surface area contributed by atoms with Crippen LogP contribution in [0.15, 0.2) is 9.15 Å². The predicted molar refractivity (Wildman–Crippen MR) is 105 cm³/mol. The highest BCUT2D eigenvalue weighted by molar-refractivity contribution is 6.00. The molecule has 180 valence electrons. The van der Waals surface area contributed by atoms with E-state index in [0.717, 1.165) is 0 Å². The summed E-state index contributed by atoms with van der Waals surface area (Å²) in [6.45, 7) is 0. The molecule has 0 unspecified atom stereocenters. The van der Waals surface area contributed by atoms with E-state index < -0.39 is 103 Å². The van der Waals surface area contributed by atoms with Crippen molar-refractivity contribution >= 4 is 22.2 Å². The second-order valence-corrected chi connectivity index (χ2v) is 6.74. The fourth-order valence-corrected chi connectivity index (χ4v) is 3.20. The number of benzene rings is 3. The third-order valence-electron chi connectivity index (χ3n) is 4.88. The number of rotatable bonds is 1. The molecule has 0 spiro atoms. The lowest BCUT2D eigenvalue weighted by Gasteiger charge is -2.18. The van der Waals surface area contributed by atoms with Crippen LogP contribution in [0.1, 0.15) is 0 Å². The van der Waals surface area contributed by atoms with Gasteiger partial charge in [-0.3, -0.25) is 13.7 Å². The van der Waals surface area contributed by atoms with Gasteiger partial charge in [-0.1, -0.05) is 0 Å². The molecule has 16 heteroatoms. The topological polar surface area (TPSA) is 294 Å². The number of hydrogen-bond acceptors (Lipinski definition) is 15. The Kier molecular flexibility index (Phi) is 4.29. The number of hydrogen-bond donors (Lipinski definition) is 13. The van der Waals surface area contributed by atoms with Crippen LogP contribution in [0.4, 0.5) is 0 Å². The lowest BCUT2D eigenvalue weighted by molar-refractivity contribution is 0.0869. The van der Waals surface area contributed by atoms with Crippen molar-refractivity contribution in [2.45, 2.75) is 0 Å². The molecule has 0 saturated heterocycles. The van der Waals surface area contributed by atoms with E-state index in [1.165, 1.54) is 0 Å². The minimum absolute atomic E-state index is 0.156. The molecule has 0 saturated carbocycles. The van der Waals surface area contributed by atoms with E-state index in [9.17, 15) is 66.4 Å². The van der Waals surface area contributed by atoms with E-state index in [1.807, 2.05) is 0 Å². The lowest BCUT2D eigenvalue weighted by atomic mass is 10.1. The predicted octanol–water partition coefficient (Wildman–Crippen LogP) is 1.27. The summed E-state index contributed by atoms with van der Waals surface area (Å²) < 4.78 is 9.65. The Bertz CT molecular complexity index is 1480. The number of phenols is 13. The number of aromatic nitrogens is 1. The zero-order chi connectivity index (χ0) is 25.4. The Balaban J connectivity index is 2.55. The Labute approximate surface area is 183 Å². The van der Waals surface area contributed by atoms with Crippen molar-refractivity contribution in [3.63, 3.8) is 0 Å². The molecule has 0 aliphatic heterocycles. The van der Waals surface area contributed by atoms with E-state index in [0.29, 0.717) is 0 Å². The molecule has 0 aliphatic carbocycles. The van der Waals surface area contributed by atoms with Crippen LogP contribution in [-0.4, -0.2) is 71.0 Å². The van der Waals surface area contributed by atoms with Crippen molar-refractivity contribution in [2.75, 3.05) is 0 Å². The van der Waals surface area contributed by atoms with Crippen LogP contribution in [0.25, 0.3) is 27.9 Å². The van der Waals surface area contributed by atoms with Gasteiger partial charge >= 0.3 is 0 Å². The first-order chi connectivity index (χ1) is 15.8. The Morgan fingerprint density at radius 3 is 0.941 bits per heavy atom. The van der Waals surface area contributed by atoms with Gasteiger partial charge in [0.05, 0.1) is 0 Å². The lowest BCUT2D eigenvalue weighted by Crippen LogP contribution is -2.00. The van der Waals surface area contributed by atoms with Gasteiger partial charge in [-0.25, -0.2) is 0 Å². The molecule has 0 aliphatic rings. The van der Waals surface area contributed by atoms with Crippen LogP contribution in [-0.2, 0) is 0 Å². The van der Waals surface area contributed by atoms with Gasteiger partial charge in [-0.2, -0.15) is 0 Å². The molecular formula is C18H13NO15. The molecule has 4 rings (SSSR count). The van der Waals surface area contributed by atoms with E-state index >= 15 is 0 Å². The average molecular weight is 483 g/mol. The molecular weight excluding hydrogens is 470 g/mol. The zero-order valence-corrected chi connectivity index (χ0v) is 16.1. The van der Waals surface area contributed by atoms with Crippen LogP contribution >= 0.6 is 0 Å². The standard InChI is InChI=1S/C18H13NO15/c20-4-1(5(21)9(25)12(28)8(4)24)19-2-6(22)10(26)13(29)15(31)17(2)33-34-18-3(19)7(23)11(27)14(30)16(18)32/h20-32H. The van der Waals surface area contributed by atoms with Gasteiger partial charge in [0, 0.05) is 0 Å². The normalized spacial score (nSPS) is 11.3. The van der Waals surface area contributed by atoms with E-state index in [-0.39, 0.29) is 4.57 Å². The summed E-state index contributed by atoms with van der Waals surface area (Å²) in [7, 11) is 0. The van der Waals surface area contributed by atoms with Crippen molar-refractivity contribution in [1.29, 1.82) is 0 Å². The summed E-state index contributed by atoms with van der Waals surface area (Å²) in [4.78, 5) is 0. The molecule has 3 aromatic carbocycles. The summed E-state index contributed by atoms with van der Waals surface area (Å²) in [6.07, 6.45) is 0. The van der Waals surface area contributed by atoms with Crippen molar-refractivity contribution in [3.8, 4) is 80.4 Å². The van der Waals surface area contributed by atoms with Gasteiger partial charge in [-0.05, 0) is 0 Å². The van der Waals surface area contributed by atoms with E-state index in [2.05, 4.69) is 0 Å². The van der Waals surface area contributed by atoms with Crippen molar-refractivity contribution < 1.29 is 75.5 Å². The zero-order valence-electron chi connectivity index (χ0n) is 16.1. The Morgan fingerprint density at radius 2 is 0.588 bits per heavy atom. The summed E-state index contributed by atoms with van der Waals surface area (Å²) in [5.41, 5.74) is -5.73. The summed E-state index contributed by atoms with van der Waals surface area (Å²) >= 11 is 0. The highest BCUT2D eigenvalue weighted by Gasteiger charge is 2.33. The van der Waals surface area contributed by atoms with Gasteiger partial charge in [0.15, 0.2) is 23.0 Å². The number of aromatic hydroxyl groups is 13. The summed E-state index contributed by atoms with van der Waals surface area (Å²) in [6, 6.07) is 0. The molecule has 34 heavy (non-hydrogen) atoms. The highest BCUT2D eigenvalue weighted by Crippen LogP contribution is 2.58. The molecule has 0 amide bonds. The summed E-state index contributed by atoms with van der Waals surface area (Å²) in [5, 5.41) is 132. The third kappa shape index (κ3) is 2.46. The molecule has 0 fully saturated rings. The van der Waals surface area contributed by atoms with Gasteiger partial charge in [0.25, 0.3) is 11.2 Å². The second-order valence-electron chi connectivity index (χ2n) is 6.74. The van der Waals surface area contributed by atoms with Crippen LogP contribution in [0, 0.1) is 0 Å². The quantitative estimate of drug-likeness (QED) is 0.103. The minimum Gasteiger partial charge on any atom is -0.503 e. The average Bonchev–Trinajstić information content (AvgIpc) is 2.99. The molecule has 1 heterocycles. The van der Waals surface area contributed by atoms with Crippen molar-refractivity contribution in [2.24, 2.45) is 0 Å². The smallest absolute Gasteiger partial charge is 0.252 e. The first-order valence-corrected chi connectivity index (χ1v) is 8.65. The molecule has 0 radical (unpaired) electrons. The van der Waals surface area contributed by atoms with Crippen LogP contribution in [0.2, 0.25) is 0 Å². The maximum Gasteiger partial charge on any atom is 0.252 e. The molecule has 0 bridgehead atoms. The third-order valence-corrected chi connectivity index (χ3v) is 4.88. The Hall–Kier alpha value is -5.54. The largest absolute Gasteiger partial charge is 0.503 e. The molecule has 13 N–H and O–H groups in total. The molecule has 1 aromatic heterocycles. The maximum atomic E-state index is 10.5. The highest BCUT2D eigenvalue weighted by atomic mass is 17.0. The monoisotopic (exact) mass is 483 g/mol. The van der Waals surface area contributed by atoms with Gasteiger partial charge in [-0.15, -0.1) is 0 Å². The molecule has 16 nitrogen and oxygen atoms in total. The number of phenolic OH excluding ortho intramolecular Hbond substituents is 13. The first kappa shape index (κ1) is 21.7. The Morgan fingerprint density at radius 1 is 0.324 bits per heavy atom. The summed E-state index contributed by atoms with van der Waals surface area (Å²) in [5.74, 6) is -18.5. The van der Waals surface area contributed by atoms with Crippen LogP contribution in [0.3, 0.4) is 0 Å². The number of nitrogens with zero attached hydrogens (tertiary/aromatic N) is 1. The maximum absolute atomic E-state index is 10.5. The second kappa shape index (κ2) is 6.73. The fourth-order valence-electron chi connectivity index (χ4n) is 3.20. The molecule has 4 aromatic rings. The van der Waals surface area contributed by atoms with Crippen LogP contribution < -0.4 is 0 Å². The fraction of sp³-hybridized carbons (Fsp3) is 0. The number of fused-ring (bicyclic) bond motifs is 2. The van der Waals surface area contributed by atoms with Crippen LogP contribution in [0.5, 0.6) is 74.7 Å². The van der Waals surface area contributed by atoms with Gasteiger partial charge in [0.2, 0.25) is 51.7 Å². The van der Waals surface area contributed by atoms with E-state index in [1.54, 1.807) is 0 Å². The SMILES string of the molecule is Oc1c(O)c(O)c(-n2c3c(O)c(O)c(O)c(O)c3ooc3c(O)c(O)c(O)c(O)c32)c(O)c1O. The van der Waals surface area contributed by atoms with Crippen molar-refractivity contribution in [1.82, 2.24) is 4.57 Å². The molecule has 0 atom stereocenters.